The largest absolute Gasteiger partial charge is 0.293 e. The summed E-state index contributed by atoms with van der Waals surface area (Å²) in [5.41, 5.74) is 2.61. The van der Waals surface area contributed by atoms with Gasteiger partial charge in [0.25, 0.3) is 0 Å². The van der Waals surface area contributed by atoms with Crippen LogP contribution in [0.15, 0.2) is 48.5 Å². The van der Waals surface area contributed by atoms with E-state index < -0.39 is 0 Å². The zero-order valence-electron chi connectivity index (χ0n) is 10.8. The predicted octanol–water partition coefficient (Wildman–Crippen LogP) is 5.73. The van der Waals surface area contributed by atoms with Crippen LogP contribution in [0.4, 0.5) is 0 Å². The van der Waals surface area contributed by atoms with Crippen LogP contribution in [0.3, 0.4) is 0 Å². The molecule has 0 bridgehead atoms. The molecule has 2 unspecified atom stereocenters. The van der Waals surface area contributed by atoms with Crippen molar-refractivity contribution in [3.63, 3.8) is 0 Å². The summed E-state index contributed by atoms with van der Waals surface area (Å²) in [4.78, 5) is 12.1. The van der Waals surface area contributed by atoms with Crippen LogP contribution >= 0.6 is 43.5 Å². The van der Waals surface area contributed by atoms with Crippen LogP contribution in [0, 0.1) is 6.92 Å². The third-order valence-electron chi connectivity index (χ3n) is 3.01. The van der Waals surface area contributed by atoms with Crippen LogP contribution in [-0.4, -0.2) is 10.6 Å². The first kappa shape index (κ1) is 15.7. The van der Waals surface area contributed by atoms with E-state index in [9.17, 15) is 4.79 Å². The Bertz CT molecular complexity index is 613. The molecule has 0 N–H and O–H groups in total. The standard InChI is InChI=1S/C16H13Br2ClO/c1-10-7-8-13(19)12(9-10)16(20)15(18)14(17)11-5-3-2-4-6-11/h2-9,14-15H,1H3. The van der Waals surface area contributed by atoms with E-state index >= 15 is 0 Å². The molecule has 20 heavy (non-hydrogen) atoms. The average molecular weight is 417 g/mol. The second kappa shape index (κ2) is 6.88. The number of carbonyl (C=O) groups is 1. The van der Waals surface area contributed by atoms with Crippen molar-refractivity contribution >= 4 is 49.2 Å². The van der Waals surface area contributed by atoms with Crippen LogP contribution < -0.4 is 0 Å². The fourth-order valence-electron chi connectivity index (χ4n) is 1.92. The Kier molecular flexibility index (Phi) is 5.42. The molecule has 0 saturated heterocycles. The number of benzene rings is 2. The molecule has 0 aromatic heterocycles. The summed E-state index contributed by atoms with van der Waals surface area (Å²) in [6.45, 7) is 1.94. The third-order valence-corrected chi connectivity index (χ3v) is 6.05. The first-order chi connectivity index (χ1) is 9.50. The Morgan fingerprint density at radius 1 is 1.10 bits per heavy atom. The topological polar surface area (TPSA) is 17.1 Å². The second-order valence-electron chi connectivity index (χ2n) is 4.56. The molecule has 0 heterocycles. The third kappa shape index (κ3) is 3.51. The van der Waals surface area contributed by atoms with E-state index in [-0.39, 0.29) is 15.4 Å². The number of halogens is 3. The van der Waals surface area contributed by atoms with Crippen LogP contribution in [-0.2, 0) is 0 Å². The van der Waals surface area contributed by atoms with Gasteiger partial charge in [0.1, 0.15) is 0 Å². The smallest absolute Gasteiger partial charge is 0.179 e. The molecule has 2 aromatic rings. The van der Waals surface area contributed by atoms with Gasteiger partial charge < -0.3 is 0 Å². The highest BCUT2D eigenvalue weighted by Gasteiger charge is 2.27. The van der Waals surface area contributed by atoms with Crippen LogP contribution in [0.2, 0.25) is 5.02 Å². The van der Waals surface area contributed by atoms with Crippen molar-refractivity contribution in [2.75, 3.05) is 0 Å². The maximum absolute atomic E-state index is 12.6. The Morgan fingerprint density at radius 2 is 1.75 bits per heavy atom. The molecular formula is C16H13Br2ClO. The fourth-order valence-corrected chi connectivity index (χ4v) is 3.22. The average Bonchev–Trinajstić information content (AvgIpc) is 2.48. The number of Topliss-reactive ketones (excluding diaryl/α,β-unsaturated/α-hetero) is 1. The van der Waals surface area contributed by atoms with Crippen LogP contribution in [0.5, 0.6) is 0 Å². The first-order valence-electron chi connectivity index (χ1n) is 6.14. The molecule has 0 aliphatic rings. The molecule has 2 atom stereocenters. The van der Waals surface area contributed by atoms with E-state index in [1.54, 1.807) is 6.07 Å². The quantitative estimate of drug-likeness (QED) is 0.459. The predicted molar refractivity (Wildman–Crippen MR) is 91.3 cm³/mol. The van der Waals surface area contributed by atoms with E-state index in [1.807, 2.05) is 49.4 Å². The number of alkyl halides is 2. The van der Waals surface area contributed by atoms with Crippen molar-refractivity contribution in [3.05, 3.63) is 70.2 Å². The minimum Gasteiger partial charge on any atom is -0.293 e. The van der Waals surface area contributed by atoms with Gasteiger partial charge in [-0.15, -0.1) is 0 Å². The zero-order chi connectivity index (χ0) is 14.7. The van der Waals surface area contributed by atoms with Crippen molar-refractivity contribution < 1.29 is 4.79 Å². The van der Waals surface area contributed by atoms with Crippen LogP contribution in [0.25, 0.3) is 0 Å². The van der Waals surface area contributed by atoms with Gasteiger partial charge in [-0.05, 0) is 24.6 Å². The maximum Gasteiger partial charge on any atom is 0.179 e. The minimum absolute atomic E-state index is 0.0237. The van der Waals surface area contributed by atoms with Gasteiger partial charge in [-0.25, -0.2) is 0 Å². The maximum atomic E-state index is 12.6. The summed E-state index contributed by atoms with van der Waals surface area (Å²) >= 11 is 13.2. The molecular weight excluding hydrogens is 403 g/mol. The summed E-state index contributed by atoms with van der Waals surface area (Å²) in [7, 11) is 0. The molecule has 0 saturated carbocycles. The van der Waals surface area contributed by atoms with Gasteiger partial charge in [0.05, 0.1) is 14.7 Å². The SMILES string of the molecule is Cc1ccc(Cl)c(C(=O)C(Br)C(Br)c2ccccc2)c1. The Balaban J connectivity index is 2.27. The van der Waals surface area contributed by atoms with Crippen molar-refractivity contribution in [2.45, 2.75) is 16.6 Å². The molecule has 0 radical (unpaired) electrons. The lowest BCUT2D eigenvalue weighted by atomic mass is 10.0. The van der Waals surface area contributed by atoms with Gasteiger partial charge in [0.15, 0.2) is 5.78 Å². The normalized spacial score (nSPS) is 13.8. The van der Waals surface area contributed by atoms with Crippen molar-refractivity contribution in [1.29, 1.82) is 0 Å². The van der Waals surface area contributed by atoms with Crippen molar-refractivity contribution in [1.82, 2.24) is 0 Å². The number of ketones is 1. The van der Waals surface area contributed by atoms with Gasteiger partial charge in [-0.1, -0.05) is 85.4 Å². The van der Waals surface area contributed by atoms with Gasteiger partial charge in [0.2, 0.25) is 0 Å². The summed E-state index contributed by atoms with van der Waals surface area (Å²) in [6.07, 6.45) is 0. The summed E-state index contributed by atoms with van der Waals surface area (Å²) in [5.74, 6) is -0.0237. The lowest BCUT2D eigenvalue weighted by Crippen LogP contribution is -2.19. The summed E-state index contributed by atoms with van der Waals surface area (Å²) < 4.78 is 0. The molecule has 2 rings (SSSR count). The Labute approximate surface area is 140 Å². The van der Waals surface area contributed by atoms with E-state index in [0.29, 0.717) is 10.6 Å². The Morgan fingerprint density at radius 3 is 2.40 bits per heavy atom. The van der Waals surface area contributed by atoms with E-state index in [1.165, 1.54) is 0 Å². The second-order valence-corrected chi connectivity index (χ2v) is 6.94. The van der Waals surface area contributed by atoms with E-state index in [4.69, 9.17) is 11.6 Å². The van der Waals surface area contributed by atoms with Gasteiger partial charge in [-0.2, -0.15) is 0 Å². The van der Waals surface area contributed by atoms with Gasteiger partial charge in [-0.3, -0.25) is 4.79 Å². The molecule has 2 aromatic carbocycles. The molecule has 0 aliphatic carbocycles. The summed E-state index contributed by atoms with van der Waals surface area (Å²) in [5, 5.41) is 0.484. The van der Waals surface area contributed by atoms with Crippen LogP contribution in [0.1, 0.15) is 26.3 Å². The lowest BCUT2D eigenvalue weighted by molar-refractivity contribution is 0.0991. The summed E-state index contributed by atoms with van der Waals surface area (Å²) in [6, 6.07) is 15.3. The molecule has 4 heteroatoms. The highest BCUT2D eigenvalue weighted by Crippen LogP contribution is 2.34. The molecule has 104 valence electrons. The monoisotopic (exact) mass is 414 g/mol. The highest BCUT2D eigenvalue weighted by atomic mass is 79.9. The first-order valence-corrected chi connectivity index (χ1v) is 8.35. The zero-order valence-corrected chi connectivity index (χ0v) is 14.7. The molecule has 0 amide bonds. The van der Waals surface area contributed by atoms with E-state index in [2.05, 4.69) is 31.9 Å². The highest BCUT2D eigenvalue weighted by molar-refractivity contribution is 9.12. The molecule has 0 aliphatic heterocycles. The number of carbonyl (C=O) groups excluding carboxylic acids is 1. The lowest BCUT2D eigenvalue weighted by Gasteiger charge is -2.17. The number of rotatable bonds is 4. The molecule has 1 nitrogen and oxygen atoms in total. The van der Waals surface area contributed by atoms with Gasteiger partial charge in [0, 0.05) is 5.56 Å². The van der Waals surface area contributed by atoms with E-state index in [0.717, 1.165) is 11.1 Å². The van der Waals surface area contributed by atoms with Crippen molar-refractivity contribution in [3.8, 4) is 0 Å². The molecule has 0 fully saturated rings. The number of hydrogen-bond acceptors (Lipinski definition) is 1. The number of aryl methyl sites for hydroxylation is 1. The van der Waals surface area contributed by atoms with Gasteiger partial charge >= 0.3 is 0 Å². The van der Waals surface area contributed by atoms with Crippen molar-refractivity contribution in [2.24, 2.45) is 0 Å². The molecule has 0 spiro atoms. The number of hydrogen-bond donors (Lipinski definition) is 0. The Hall–Kier alpha value is -0.640. The minimum atomic E-state index is -0.371. The fraction of sp³-hybridized carbons (Fsp3) is 0.188.